The molecule has 2 heterocycles. The number of benzene rings is 1. The number of nitrogens with zero attached hydrogens (tertiary/aromatic N) is 3. The van der Waals surface area contributed by atoms with Crippen LogP contribution in [0.25, 0.3) is 0 Å². The van der Waals surface area contributed by atoms with Crippen LogP contribution >= 0.6 is 0 Å². The van der Waals surface area contributed by atoms with Crippen LogP contribution in [0.3, 0.4) is 0 Å². The summed E-state index contributed by atoms with van der Waals surface area (Å²) in [6.07, 6.45) is 5.26. The van der Waals surface area contributed by atoms with E-state index in [2.05, 4.69) is 57.6 Å². The van der Waals surface area contributed by atoms with E-state index in [4.69, 9.17) is 0 Å². The Kier molecular flexibility index (Phi) is 6.32. The van der Waals surface area contributed by atoms with E-state index in [-0.39, 0.29) is 5.91 Å². The second-order valence-electron chi connectivity index (χ2n) is 6.51. The number of para-hydroxylation sites is 1. The number of aromatic nitrogens is 3. The summed E-state index contributed by atoms with van der Waals surface area (Å²) in [5.41, 5.74) is 4.78. The average Bonchev–Trinajstić information content (AvgIpc) is 2.72. The molecule has 2 aromatic heterocycles. The van der Waals surface area contributed by atoms with Gasteiger partial charge in [0.15, 0.2) is 0 Å². The van der Waals surface area contributed by atoms with Crippen LogP contribution in [0.1, 0.15) is 46.9 Å². The Morgan fingerprint density at radius 1 is 1.04 bits per heavy atom. The number of pyridine rings is 1. The second-order valence-corrected chi connectivity index (χ2v) is 6.51. The molecule has 144 valence electrons. The Balaban J connectivity index is 1.81. The summed E-state index contributed by atoms with van der Waals surface area (Å²) in [6.45, 7) is 6.44. The molecule has 1 amide bonds. The van der Waals surface area contributed by atoms with E-state index in [1.165, 1.54) is 11.1 Å². The zero-order valence-corrected chi connectivity index (χ0v) is 16.5. The van der Waals surface area contributed by atoms with Gasteiger partial charge in [0.2, 0.25) is 0 Å². The summed E-state index contributed by atoms with van der Waals surface area (Å²) in [5.74, 6) is 0.926. The minimum absolute atomic E-state index is 0.239. The largest absolute Gasteiger partial charge is 0.347 e. The summed E-state index contributed by atoms with van der Waals surface area (Å²) in [7, 11) is 0. The maximum absolute atomic E-state index is 12.6. The first kappa shape index (κ1) is 19.5. The van der Waals surface area contributed by atoms with E-state index >= 15 is 0 Å². The Bertz CT molecular complexity index is 934. The molecule has 28 heavy (non-hydrogen) atoms. The van der Waals surface area contributed by atoms with Gasteiger partial charge >= 0.3 is 0 Å². The fraction of sp³-hybridized carbons (Fsp3) is 0.273. The minimum atomic E-state index is -0.239. The van der Waals surface area contributed by atoms with Gasteiger partial charge < -0.3 is 10.6 Å². The molecule has 0 atom stereocenters. The molecule has 2 N–H and O–H groups in total. The van der Waals surface area contributed by atoms with Gasteiger partial charge in [0.25, 0.3) is 5.91 Å². The first-order valence-electron chi connectivity index (χ1n) is 9.51. The SMILES string of the molecule is CCc1cccc(CC)c1Nc1cc(C(=O)NCc2cccnc2)nc(C)n1. The van der Waals surface area contributed by atoms with Gasteiger partial charge in [-0.05, 0) is 42.5 Å². The lowest BCUT2D eigenvalue weighted by Crippen LogP contribution is -2.24. The third kappa shape index (κ3) is 4.71. The van der Waals surface area contributed by atoms with Crippen LogP contribution in [-0.2, 0) is 19.4 Å². The van der Waals surface area contributed by atoms with E-state index < -0.39 is 0 Å². The fourth-order valence-electron chi connectivity index (χ4n) is 3.05. The van der Waals surface area contributed by atoms with Crippen molar-refractivity contribution in [2.75, 3.05) is 5.32 Å². The lowest BCUT2D eigenvalue weighted by atomic mass is 10.0. The highest BCUT2D eigenvalue weighted by molar-refractivity contribution is 5.93. The molecule has 0 unspecified atom stereocenters. The number of anilines is 2. The summed E-state index contributed by atoms with van der Waals surface area (Å²) < 4.78 is 0. The number of rotatable bonds is 7. The van der Waals surface area contributed by atoms with Crippen molar-refractivity contribution >= 4 is 17.4 Å². The predicted octanol–water partition coefficient (Wildman–Crippen LogP) is 3.98. The zero-order valence-electron chi connectivity index (χ0n) is 16.5. The molecule has 0 aliphatic heterocycles. The zero-order chi connectivity index (χ0) is 19.9. The summed E-state index contributed by atoms with van der Waals surface area (Å²) in [4.78, 5) is 25.4. The number of carbonyl (C=O) groups excluding carboxylic acids is 1. The molecular formula is C22H25N5O. The van der Waals surface area contributed by atoms with Gasteiger partial charge in [-0.2, -0.15) is 0 Å². The molecular weight excluding hydrogens is 350 g/mol. The van der Waals surface area contributed by atoms with E-state index in [0.717, 1.165) is 24.1 Å². The maximum atomic E-state index is 12.6. The molecule has 0 aliphatic carbocycles. The monoisotopic (exact) mass is 375 g/mol. The van der Waals surface area contributed by atoms with Gasteiger partial charge in [-0.3, -0.25) is 9.78 Å². The number of aryl methyl sites for hydroxylation is 3. The number of hydrogen-bond acceptors (Lipinski definition) is 5. The second kappa shape index (κ2) is 9.08. The van der Waals surface area contributed by atoms with Crippen LogP contribution in [0, 0.1) is 6.92 Å². The highest BCUT2D eigenvalue weighted by Gasteiger charge is 2.13. The Hall–Kier alpha value is -3.28. The van der Waals surface area contributed by atoms with Crippen molar-refractivity contribution < 1.29 is 4.79 Å². The number of hydrogen-bond donors (Lipinski definition) is 2. The van der Waals surface area contributed by atoms with Gasteiger partial charge in [-0.25, -0.2) is 9.97 Å². The van der Waals surface area contributed by atoms with E-state index in [0.29, 0.717) is 23.9 Å². The number of carbonyl (C=O) groups is 1. The molecule has 0 bridgehead atoms. The van der Waals surface area contributed by atoms with Crippen molar-refractivity contribution in [3.63, 3.8) is 0 Å². The van der Waals surface area contributed by atoms with Crippen molar-refractivity contribution in [1.29, 1.82) is 0 Å². The highest BCUT2D eigenvalue weighted by atomic mass is 16.1. The van der Waals surface area contributed by atoms with Crippen LogP contribution in [0.4, 0.5) is 11.5 Å². The van der Waals surface area contributed by atoms with Crippen LogP contribution in [0.2, 0.25) is 0 Å². The molecule has 3 aromatic rings. The molecule has 0 aliphatic rings. The van der Waals surface area contributed by atoms with Gasteiger partial charge in [0.05, 0.1) is 0 Å². The van der Waals surface area contributed by atoms with Crippen molar-refractivity contribution in [3.05, 3.63) is 77.0 Å². The fourth-order valence-corrected chi connectivity index (χ4v) is 3.05. The Morgan fingerprint density at radius 2 is 1.79 bits per heavy atom. The highest BCUT2D eigenvalue weighted by Crippen LogP contribution is 2.26. The van der Waals surface area contributed by atoms with Gasteiger partial charge in [-0.15, -0.1) is 0 Å². The molecule has 6 heteroatoms. The lowest BCUT2D eigenvalue weighted by molar-refractivity contribution is 0.0945. The van der Waals surface area contributed by atoms with Crippen molar-refractivity contribution in [2.45, 2.75) is 40.2 Å². The molecule has 0 saturated heterocycles. The van der Waals surface area contributed by atoms with Crippen LogP contribution < -0.4 is 10.6 Å². The molecule has 0 fully saturated rings. The van der Waals surface area contributed by atoms with Crippen LogP contribution in [0.5, 0.6) is 0 Å². The van der Waals surface area contributed by atoms with Crippen molar-refractivity contribution in [1.82, 2.24) is 20.3 Å². The van der Waals surface area contributed by atoms with E-state index in [1.807, 2.05) is 12.1 Å². The lowest BCUT2D eigenvalue weighted by Gasteiger charge is -2.15. The molecule has 0 radical (unpaired) electrons. The molecule has 3 rings (SSSR count). The Labute approximate surface area is 165 Å². The van der Waals surface area contributed by atoms with Gasteiger partial charge in [-0.1, -0.05) is 38.1 Å². The summed E-state index contributed by atoms with van der Waals surface area (Å²) >= 11 is 0. The first-order chi connectivity index (χ1) is 13.6. The third-order valence-corrected chi connectivity index (χ3v) is 4.50. The number of amides is 1. The van der Waals surface area contributed by atoms with Crippen molar-refractivity contribution in [3.8, 4) is 0 Å². The molecule has 0 spiro atoms. The normalized spacial score (nSPS) is 10.5. The van der Waals surface area contributed by atoms with Crippen LogP contribution in [-0.4, -0.2) is 20.9 Å². The van der Waals surface area contributed by atoms with Crippen molar-refractivity contribution in [2.24, 2.45) is 0 Å². The smallest absolute Gasteiger partial charge is 0.270 e. The molecule has 0 saturated carbocycles. The molecule has 6 nitrogen and oxygen atoms in total. The standard InChI is InChI=1S/C22H25N5O/c1-4-17-9-6-10-18(5-2)21(17)27-20-12-19(25-15(3)26-20)22(28)24-14-16-8-7-11-23-13-16/h6-13H,4-5,14H2,1-3H3,(H,24,28)(H,25,26,27). The van der Waals surface area contributed by atoms with Gasteiger partial charge in [0.1, 0.15) is 17.3 Å². The van der Waals surface area contributed by atoms with E-state index in [9.17, 15) is 4.79 Å². The summed E-state index contributed by atoms with van der Waals surface area (Å²) in [6, 6.07) is 11.7. The van der Waals surface area contributed by atoms with Gasteiger partial charge in [0, 0.05) is 30.7 Å². The number of nitrogens with one attached hydrogen (secondary N) is 2. The quantitative estimate of drug-likeness (QED) is 0.653. The topological polar surface area (TPSA) is 79.8 Å². The maximum Gasteiger partial charge on any atom is 0.270 e. The first-order valence-corrected chi connectivity index (χ1v) is 9.51. The third-order valence-electron chi connectivity index (χ3n) is 4.50. The predicted molar refractivity (Wildman–Crippen MR) is 111 cm³/mol. The summed E-state index contributed by atoms with van der Waals surface area (Å²) in [5, 5.41) is 6.29. The van der Waals surface area contributed by atoms with E-state index in [1.54, 1.807) is 25.4 Å². The molecule has 1 aromatic carbocycles. The van der Waals surface area contributed by atoms with Crippen LogP contribution in [0.15, 0.2) is 48.8 Å². The minimum Gasteiger partial charge on any atom is -0.347 e. The average molecular weight is 375 g/mol. The Morgan fingerprint density at radius 3 is 2.43 bits per heavy atom.